The van der Waals surface area contributed by atoms with Crippen LogP contribution in [0.25, 0.3) is 22.5 Å². The Morgan fingerprint density at radius 1 is 1.06 bits per heavy atom. The van der Waals surface area contributed by atoms with Crippen LogP contribution >= 0.6 is 0 Å². The number of fused-ring (bicyclic) bond motifs is 1. The number of nitrogens with one attached hydrogen (secondary N) is 1. The second-order valence-electron chi connectivity index (χ2n) is 8.29. The van der Waals surface area contributed by atoms with E-state index in [1.807, 2.05) is 24.3 Å². The van der Waals surface area contributed by atoms with Gasteiger partial charge in [-0.3, -0.25) is 4.90 Å². The van der Waals surface area contributed by atoms with E-state index < -0.39 is 11.7 Å². The first-order chi connectivity index (χ1) is 15.4. The van der Waals surface area contributed by atoms with Gasteiger partial charge in [0.25, 0.3) is 0 Å². The number of piperidine rings is 1. The van der Waals surface area contributed by atoms with Gasteiger partial charge in [0.15, 0.2) is 0 Å². The molecule has 2 aromatic carbocycles. The largest absolute Gasteiger partial charge is 0.441 e. The minimum Gasteiger partial charge on any atom is -0.441 e. The van der Waals surface area contributed by atoms with Crippen LogP contribution in [0.1, 0.15) is 41.6 Å². The summed E-state index contributed by atoms with van der Waals surface area (Å²) in [5.41, 5.74) is 2.44. The average molecular weight is 440 g/mol. The molecule has 0 radical (unpaired) electrons. The number of para-hydroxylation sites is 2. The van der Waals surface area contributed by atoms with Gasteiger partial charge in [0.1, 0.15) is 11.6 Å². The predicted octanol–water partition coefficient (Wildman–Crippen LogP) is 5.92. The lowest BCUT2D eigenvalue weighted by Crippen LogP contribution is -2.33. The van der Waals surface area contributed by atoms with E-state index in [9.17, 15) is 13.2 Å². The fourth-order valence-corrected chi connectivity index (χ4v) is 4.27. The van der Waals surface area contributed by atoms with Crippen molar-refractivity contribution in [1.29, 1.82) is 0 Å². The van der Waals surface area contributed by atoms with E-state index in [0.29, 0.717) is 23.8 Å². The highest BCUT2D eigenvalue weighted by atomic mass is 19.4. The second kappa shape index (κ2) is 8.09. The Balaban J connectivity index is 1.25. The molecule has 4 aromatic rings. The number of aryl methyl sites for hydroxylation is 1. The summed E-state index contributed by atoms with van der Waals surface area (Å²) in [7, 11) is 0. The topological polar surface area (TPSA) is 58.0 Å². The van der Waals surface area contributed by atoms with Crippen LogP contribution in [0.4, 0.5) is 13.2 Å². The minimum atomic E-state index is -4.40. The maximum Gasteiger partial charge on any atom is 0.416 e. The van der Waals surface area contributed by atoms with Gasteiger partial charge in [0.2, 0.25) is 5.89 Å². The van der Waals surface area contributed by atoms with Gasteiger partial charge >= 0.3 is 6.18 Å². The molecule has 1 N–H and O–H groups in total. The van der Waals surface area contributed by atoms with Crippen LogP contribution < -0.4 is 0 Å². The van der Waals surface area contributed by atoms with Crippen molar-refractivity contribution >= 4 is 11.0 Å². The molecule has 1 saturated heterocycles. The van der Waals surface area contributed by atoms with Crippen molar-refractivity contribution in [3.63, 3.8) is 0 Å². The molecule has 166 valence electrons. The molecule has 0 saturated carbocycles. The first-order valence-electron chi connectivity index (χ1n) is 10.7. The molecule has 1 aliphatic rings. The molecular formula is C24H23F3N4O. The highest BCUT2D eigenvalue weighted by Crippen LogP contribution is 2.33. The van der Waals surface area contributed by atoms with Crippen molar-refractivity contribution in [2.24, 2.45) is 0 Å². The van der Waals surface area contributed by atoms with Gasteiger partial charge in [-0.25, -0.2) is 9.97 Å². The highest BCUT2D eigenvalue weighted by Gasteiger charge is 2.31. The first kappa shape index (κ1) is 20.8. The van der Waals surface area contributed by atoms with E-state index >= 15 is 0 Å². The van der Waals surface area contributed by atoms with Gasteiger partial charge < -0.3 is 9.40 Å². The zero-order valence-corrected chi connectivity index (χ0v) is 17.6. The summed E-state index contributed by atoms with van der Waals surface area (Å²) in [5.74, 6) is 2.28. The molecule has 0 spiro atoms. The molecule has 8 heteroatoms. The quantitative estimate of drug-likeness (QED) is 0.428. The van der Waals surface area contributed by atoms with Gasteiger partial charge in [-0.05, 0) is 63.2 Å². The maximum absolute atomic E-state index is 13.0. The summed E-state index contributed by atoms with van der Waals surface area (Å²) in [6.07, 6.45) is -2.43. The number of H-pyrrole nitrogens is 1. The number of nitrogens with zero attached hydrogens (tertiary/aromatic N) is 3. The SMILES string of the molecule is Cc1oc(-c2cccc(C(F)(F)F)c2)nc1CN1CCC(c2nc3ccccc3[nH]2)CC1. The van der Waals surface area contributed by atoms with Crippen LogP contribution in [0.3, 0.4) is 0 Å². The van der Waals surface area contributed by atoms with Gasteiger partial charge in [-0.2, -0.15) is 13.2 Å². The van der Waals surface area contributed by atoms with Gasteiger partial charge in [-0.1, -0.05) is 18.2 Å². The van der Waals surface area contributed by atoms with Crippen molar-refractivity contribution in [2.75, 3.05) is 13.1 Å². The zero-order chi connectivity index (χ0) is 22.3. The van der Waals surface area contributed by atoms with Crippen LogP contribution in [0.15, 0.2) is 52.9 Å². The molecule has 5 rings (SSSR count). The highest BCUT2D eigenvalue weighted by molar-refractivity contribution is 5.74. The number of hydrogen-bond acceptors (Lipinski definition) is 4. The number of benzene rings is 2. The molecule has 0 aliphatic carbocycles. The maximum atomic E-state index is 13.0. The van der Waals surface area contributed by atoms with Gasteiger partial charge in [0.05, 0.1) is 22.3 Å². The number of aromatic nitrogens is 3. The number of imidazole rings is 1. The summed E-state index contributed by atoms with van der Waals surface area (Å²) in [4.78, 5) is 15.0. The lowest BCUT2D eigenvalue weighted by atomic mass is 9.96. The Bertz CT molecular complexity index is 1200. The summed E-state index contributed by atoms with van der Waals surface area (Å²) < 4.78 is 44.8. The molecular weight excluding hydrogens is 417 g/mol. The van der Waals surface area contributed by atoms with E-state index in [1.165, 1.54) is 6.07 Å². The second-order valence-corrected chi connectivity index (χ2v) is 8.29. The molecule has 1 aliphatic heterocycles. The fraction of sp³-hybridized carbons (Fsp3) is 0.333. The Morgan fingerprint density at radius 2 is 1.84 bits per heavy atom. The van der Waals surface area contributed by atoms with Crippen LogP contribution in [-0.2, 0) is 12.7 Å². The Labute approximate surface area is 183 Å². The Hall–Kier alpha value is -3.13. The predicted molar refractivity (Wildman–Crippen MR) is 115 cm³/mol. The number of alkyl halides is 3. The van der Waals surface area contributed by atoms with Crippen molar-refractivity contribution in [2.45, 2.75) is 38.4 Å². The molecule has 32 heavy (non-hydrogen) atoms. The van der Waals surface area contributed by atoms with E-state index in [4.69, 9.17) is 9.40 Å². The van der Waals surface area contributed by atoms with Crippen molar-refractivity contribution in [3.05, 3.63) is 71.4 Å². The number of halogens is 3. The van der Waals surface area contributed by atoms with Crippen LogP contribution in [-0.4, -0.2) is 32.9 Å². The molecule has 0 amide bonds. The van der Waals surface area contributed by atoms with Gasteiger partial charge in [0, 0.05) is 18.0 Å². The number of likely N-dealkylation sites (tertiary alicyclic amines) is 1. The van der Waals surface area contributed by atoms with Crippen molar-refractivity contribution in [1.82, 2.24) is 19.9 Å². The molecule has 3 heterocycles. The summed E-state index contributed by atoms with van der Waals surface area (Å²) in [6.45, 7) is 4.21. The van der Waals surface area contributed by atoms with Gasteiger partial charge in [-0.15, -0.1) is 0 Å². The third-order valence-electron chi connectivity index (χ3n) is 6.08. The third kappa shape index (κ3) is 4.14. The normalized spacial score (nSPS) is 16.1. The molecule has 2 aromatic heterocycles. The summed E-state index contributed by atoms with van der Waals surface area (Å²) in [5, 5.41) is 0. The third-order valence-corrected chi connectivity index (χ3v) is 6.08. The molecule has 1 fully saturated rings. The average Bonchev–Trinajstić information content (AvgIpc) is 3.37. The van der Waals surface area contributed by atoms with Crippen molar-refractivity contribution in [3.8, 4) is 11.5 Å². The van der Waals surface area contributed by atoms with Crippen molar-refractivity contribution < 1.29 is 17.6 Å². The van der Waals surface area contributed by atoms with E-state index in [1.54, 1.807) is 13.0 Å². The van der Waals surface area contributed by atoms with E-state index in [2.05, 4.69) is 14.9 Å². The van der Waals surface area contributed by atoms with E-state index in [-0.39, 0.29) is 5.89 Å². The Kier molecular flexibility index (Phi) is 5.25. The Morgan fingerprint density at radius 3 is 2.59 bits per heavy atom. The smallest absolute Gasteiger partial charge is 0.416 e. The summed E-state index contributed by atoms with van der Waals surface area (Å²) in [6, 6.07) is 13.1. The van der Waals surface area contributed by atoms with Crippen LogP contribution in [0, 0.1) is 6.92 Å². The number of rotatable bonds is 4. The molecule has 0 unspecified atom stereocenters. The summed E-state index contributed by atoms with van der Waals surface area (Å²) >= 11 is 0. The zero-order valence-electron chi connectivity index (χ0n) is 17.6. The molecule has 0 atom stereocenters. The fourth-order valence-electron chi connectivity index (χ4n) is 4.27. The molecule has 0 bridgehead atoms. The minimum absolute atomic E-state index is 0.223. The van der Waals surface area contributed by atoms with Crippen LogP contribution in [0.5, 0.6) is 0 Å². The number of aromatic amines is 1. The first-order valence-corrected chi connectivity index (χ1v) is 10.7. The molecule has 5 nitrogen and oxygen atoms in total. The van der Waals surface area contributed by atoms with E-state index in [0.717, 1.165) is 60.6 Å². The standard InChI is InChI=1S/C24H23F3N4O/c1-15-21(30-23(32-15)17-5-4-6-18(13-17)24(25,26)27)14-31-11-9-16(10-12-31)22-28-19-7-2-3-8-20(19)29-22/h2-8,13,16H,9-12,14H2,1H3,(H,28,29). The monoisotopic (exact) mass is 440 g/mol. The number of oxazole rings is 1. The number of hydrogen-bond donors (Lipinski definition) is 1. The lowest BCUT2D eigenvalue weighted by molar-refractivity contribution is -0.137. The van der Waals surface area contributed by atoms with Crippen LogP contribution in [0.2, 0.25) is 0 Å². The lowest BCUT2D eigenvalue weighted by Gasteiger charge is -2.30.